The first-order chi connectivity index (χ1) is 10.8. The number of aldehydes is 1. The van der Waals surface area contributed by atoms with E-state index in [1.165, 1.54) is 50.5 Å². The highest BCUT2D eigenvalue weighted by molar-refractivity contribution is 5.91. The molecule has 0 unspecified atom stereocenters. The van der Waals surface area contributed by atoms with Gasteiger partial charge in [0.05, 0.1) is 11.9 Å². The van der Waals surface area contributed by atoms with Gasteiger partial charge in [-0.15, -0.1) is 0 Å². The lowest BCUT2D eigenvalue weighted by atomic mass is 9.80. The Balaban J connectivity index is 1.97. The zero-order chi connectivity index (χ0) is 15.1. The fourth-order valence-electron chi connectivity index (χ4n) is 4.00. The van der Waals surface area contributed by atoms with Crippen LogP contribution in [-0.2, 0) is 6.54 Å². The van der Waals surface area contributed by atoms with Crippen LogP contribution >= 0.6 is 0 Å². The molecule has 4 rings (SSSR count). The summed E-state index contributed by atoms with van der Waals surface area (Å²) in [5.74, 6) is 0.999. The van der Waals surface area contributed by atoms with Crippen LogP contribution in [0.2, 0.25) is 0 Å². The summed E-state index contributed by atoms with van der Waals surface area (Å²) in [6.07, 6.45) is 11.6. The highest BCUT2D eigenvalue weighted by atomic mass is 16.1. The smallest absolute Gasteiger partial charge is 0.158 e. The molecule has 2 saturated carbocycles. The molecular weight excluding hydrogens is 274 g/mol. The number of nitrogens with zero attached hydrogens (tertiary/aromatic N) is 3. The molecule has 0 amide bonds. The van der Waals surface area contributed by atoms with Crippen molar-refractivity contribution in [3.8, 4) is 0 Å². The highest BCUT2D eigenvalue weighted by Gasteiger charge is 2.32. The summed E-state index contributed by atoms with van der Waals surface area (Å²) in [4.78, 5) is 16.7. The Kier molecular flexibility index (Phi) is 3.47. The predicted octanol–water partition coefficient (Wildman–Crippen LogP) is 4.19. The highest BCUT2D eigenvalue weighted by Crippen LogP contribution is 2.45. The van der Waals surface area contributed by atoms with E-state index in [0.717, 1.165) is 35.1 Å². The van der Waals surface area contributed by atoms with Crippen LogP contribution in [0.3, 0.4) is 0 Å². The Morgan fingerprint density at radius 2 is 1.95 bits per heavy atom. The second kappa shape index (κ2) is 5.49. The van der Waals surface area contributed by atoms with E-state index in [9.17, 15) is 4.79 Å². The van der Waals surface area contributed by atoms with Crippen molar-refractivity contribution >= 4 is 17.3 Å². The van der Waals surface area contributed by atoms with E-state index in [1.54, 1.807) is 0 Å². The Hall–Kier alpha value is -1.71. The molecule has 22 heavy (non-hydrogen) atoms. The molecule has 0 aliphatic heterocycles. The van der Waals surface area contributed by atoms with Crippen LogP contribution in [0.25, 0.3) is 11.0 Å². The number of pyridine rings is 1. The maximum absolute atomic E-state index is 11.9. The average Bonchev–Trinajstić information content (AvgIpc) is 3.33. The van der Waals surface area contributed by atoms with Crippen molar-refractivity contribution in [2.24, 2.45) is 0 Å². The third-order valence-electron chi connectivity index (χ3n) is 5.29. The van der Waals surface area contributed by atoms with Crippen LogP contribution in [0.1, 0.15) is 85.3 Å². The van der Waals surface area contributed by atoms with E-state index in [1.807, 2.05) is 10.9 Å². The fraction of sp³-hybridized carbons (Fsp3) is 0.611. The zero-order valence-electron chi connectivity index (χ0n) is 13.2. The molecule has 0 aromatic carbocycles. The molecule has 4 nitrogen and oxygen atoms in total. The summed E-state index contributed by atoms with van der Waals surface area (Å²) in [5.41, 5.74) is 4.16. The number of aromatic nitrogens is 3. The van der Waals surface area contributed by atoms with Gasteiger partial charge in [0, 0.05) is 23.4 Å². The molecule has 2 aliphatic rings. The molecule has 2 fully saturated rings. The molecule has 0 bridgehead atoms. The molecule has 0 spiro atoms. The largest absolute Gasteiger partial charge is 0.298 e. The molecule has 2 aromatic rings. The summed E-state index contributed by atoms with van der Waals surface area (Å²) in [6.45, 7) is 2.92. The van der Waals surface area contributed by atoms with E-state index >= 15 is 0 Å². The minimum absolute atomic E-state index is 0.493. The van der Waals surface area contributed by atoms with E-state index in [4.69, 9.17) is 4.98 Å². The first-order valence-corrected chi connectivity index (χ1v) is 8.68. The molecule has 0 N–H and O–H groups in total. The molecule has 0 radical (unpaired) electrons. The summed E-state index contributed by atoms with van der Waals surface area (Å²) < 4.78 is 1.97. The van der Waals surface area contributed by atoms with Gasteiger partial charge in [0.25, 0.3) is 0 Å². The molecule has 2 aromatic heterocycles. The van der Waals surface area contributed by atoms with Crippen molar-refractivity contribution in [1.82, 2.24) is 14.8 Å². The van der Waals surface area contributed by atoms with Gasteiger partial charge >= 0.3 is 0 Å². The monoisotopic (exact) mass is 297 g/mol. The van der Waals surface area contributed by atoms with Gasteiger partial charge in [0.1, 0.15) is 0 Å². The van der Waals surface area contributed by atoms with Crippen LogP contribution in [0.5, 0.6) is 0 Å². The Morgan fingerprint density at radius 3 is 2.59 bits per heavy atom. The first kappa shape index (κ1) is 13.9. The van der Waals surface area contributed by atoms with Gasteiger partial charge in [0.2, 0.25) is 0 Å². The lowest BCUT2D eigenvalue weighted by molar-refractivity contribution is 0.112. The van der Waals surface area contributed by atoms with Gasteiger partial charge in [-0.05, 0) is 44.1 Å². The van der Waals surface area contributed by atoms with Gasteiger partial charge < -0.3 is 0 Å². The zero-order valence-corrected chi connectivity index (χ0v) is 13.2. The minimum Gasteiger partial charge on any atom is -0.298 e. The Labute approximate surface area is 130 Å². The standard InChI is InChI=1S/C18H23N3O/c1-2-21-18-14(10-19-21)16(12-6-4-3-5-7-12)15(11-22)17(20-18)13-8-9-13/h10-13H,2-9H2,1H3. The maximum Gasteiger partial charge on any atom is 0.158 e. The van der Waals surface area contributed by atoms with Crippen molar-refractivity contribution in [1.29, 1.82) is 0 Å². The van der Waals surface area contributed by atoms with E-state index in [2.05, 4.69) is 12.0 Å². The third kappa shape index (κ3) is 2.16. The van der Waals surface area contributed by atoms with Crippen LogP contribution in [0, 0.1) is 0 Å². The minimum atomic E-state index is 0.493. The third-order valence-corrected chi connectivity index (χ3v) is 5.29. The average molecular weight is 297 g/mol. The number of rotatable bonds is 4. The molecule has 116 valence electrons. The number of hydrogen-bond acceptors (Lipinski definition) is 3. The van der Waals surface area contributed by atoms with Crippen molar-refractivity contribution in [2.75, 3.05) is 0 Å². The second-order valence-corrected chi connectivity index (χ2v) is 6.75. The lowest BCUT2D eigenvalue weighted by Crippen LogP contribution is -2.11. The van der Waals surface area contributed by atoms with Gasteiger partial charge in [-0.25, -0.2) is 9.67 Å². The number of carbonyl (C=O) groups is 1. The number of aryl methyl sites for hydroxylation is 1. The Morgan fingerprint density at radius 1 is 1.18 bits per heavy atom. The van der Waals surface area contributed by atoms with Gasteiger partial charge in [-0.1, -0.05) is 19.3 Å². The van der Waals surface area contributed by atoms with E-state index in [0.29, 0.717) is 11.8 Å². The summed E-state index contributed by atoms with van der Waals surface area (Å²) >= 11 is 0. The van der Waals surface area contributed by atoms with Crippen LogP contribution in [0.4, 0.5) is 0 Å². The van der Waals surface area contributed by atoms with Crippen LogP contribution in [-0.4, -0.2) is 21.1 Å². The van der Waals surface area contributed by atoms with E-state index < -0.39 is 0 Å². The van der Waals surface area contributed by atoms with Crippen molar-refractivity contribution < 1.29 is 4.79 Å². The topological polar surface area (TPSA) is 47.8 Å². The van der Waals surface area contributed by atoms with Crippen molar-refractivity contribution in [2.45, 2.75) is 70.3 Å². The summed E-state index contributed by atoms with van der Waals surface area (Å²) in [6, 6.07) is 0. The fourth-order valence-corrected chi connectivity index (χ4v) is 4.00. The van der Waals surface area contributed by atoms with Gasteiger partial charge in [-0.3, -0.25) is 4.79 Å². The van der Waals surface area contributed by atoms with Gasteiger partial charge in [-0.2, -0.15) is 5.10 Å². The summed E-state index contributed by atoms with van der Waals surface area (Å²) in [7, 11) is 0. The van der Waals surface area contributed by atoms with Crippen LogP contribution < -0.4 is 0 Å². The SMILES string of the molecule is CCn1ncc2c(C3CCCCC3)c(C=O)c(C3CC3)nc21. The Bertz CT molecular complexity index is 709. The number of hydrogen-bond donors (Lipinski definition) is 0. The quantitative estimate of drug-likeness (QED) is 0.795. The number of carbonyl (C=O) groups excluding carboxylic acids is 1. The van der Waals surface area contributed by atoms with Crippen molar-refractivity contribution in [3.63, 3.8) is 0 Å². The molecule has 0 atom stereocenters. The molecular formula is C18H23N3O. The summed E-state index contributed by atoms with van der Waals surface area (Å²) in [5, 5.41) is 5.62. The normalized spacial score (nSPS) is 19.7. The predicted molar refractivity (Wildman–Crippen MR) is 86.4 cm³/mol. The molecule has 4 heteroatoms. The molecule has 2 heterocycles. The lowest BCUT2D eigenvalue weighted by Gasteiger charge is -2.25. The van der Waals surface area contributed by atoms with Gasteiger partial charge in [0.15, 0.2) is 11.9 Å². The van der Waals surface area contributed by atoms with E-state index in [-0.39, 0.29) is 0 Å². The molecule has 0 saturated heterocycles. The second-order valence-electron chi connectivity index (χ2n) is 6.75. The van der Waals surface area contributed by atoms with Crippen molar-refractivity contribution in [3.05, 3.63) is 23.0 Å². The van der Waals surface area contributed by atoms with Crippen LogP contribution in [0.15, 0.2) is 6.20 Å². The maximum atomic E-state index is 11.9. The molecule has 2 aliphatic carbocycles. The first-order valence-electron chi connectivity index (χ1n) is 8.68. The number of fused-ring (bicyclic) bond motifs is 1.